The van der Waals surface area contributed by atoms with Gasteiger partial charge in [0.2, 0.25) is 0 Å². The lowest BCUT2D eigenvalue weighted by Crippen LogP contribution is -2.29. The summed E-state index contributed by atoms with van der Waals surface area (Å²) in [5, 5.41) is 0.346. The molecule has 0 fully saturated rings. The average Bonchev–Trinajstić information content (AvgIpc) is 3.12. The molecule has 0 atom stereocenters. The van der Waals surface area contributed by atoms with E-state index < -0.39 is 10.0 Å². The van der Waals surface area contributed by atoms with Crippen molar-refractivity contribution >= 4 is 38.9 Å². The van der Waals surface area contributed by atoms with Crippen molar-refractivity contribution in [3.8, 4) is 0 Å². The zero-order chi connectivity index (χ0) is 20.6. The smallest absolute Gasteiger partial charge is 0.262 e. The van der Waals surface area contributed by atoms with Crippen molar-refractivity contribution in [3.63, 3.8) is 0 Å². The minimum Gasteiger partial charge on any atom is -0.308 e. The Bertz CT molecular complexity index is 1200. The van der Waals surface area contributed by atoms with E-state index in [2.05, 4.69) is 9.71 Å². The quantitative estimate of drug-likeness (QED) is 0.681. The molecule has 2 aromatic carbocycles. The number of pyridine rings is 1. The van der Waals surface area contributed by atoms with Gasteiger partial charge in [0, 0.05) is 29.6 Å². The van der Waals surface area contributed by atoms with Crippen molar-refractivity contribution in [3.05, 3.63) is 82.6 Å². The summed E-state index contributed by atoms with van der Waals surface area (Å²) in [6.45, 7) is 2.24. The first-order chi connectivity index (χ1) is 13.8. The van der Waals surface area contributed by atoms with Crippen molar-refractivity contribution in [1.29, 1.82) is 0 Å². The van der Waals surface area contributed by atoms with Crippen molar-refractivity contribution in [1.82, 2.24) is 4.98 Å². The van der Waals surface area contributed by atoms with Crippen LogP contribution in [-0.4, -0.2) is 25.9 Å². The minimum absolute atomic E-state index is 0.119. The van der Waals surface area contributed by atoms with Gasteiger partial charge in [-0.05, 0) is 60.9 Å². The summed E-state index contributed by atoms with van der Waals surface area (Å²) in [6, 6.07) is 13.4. The molecule has 0 aliphatic carbocycles. The standard InChI is InChI=1S/C21H18ClN3O3S/c1-14-4-6-17(22)11-20(14)29(27,28)24-18-7-5-15-8-10-25(19(15)12-18)21(26)16-3-2-9-23-13-16/h2-7,9,11-13,24H,8,10H2,1H3. The molecular formula is C21H18ClN3O3S. The van der Waals surface area contributed by atoms with Gasteiger partial charge >= 0.3 is 0 Å². The number of carbonyl (C=O) groups is 1. The van der Waals surface area contributed by atoms with Crippen LogP contribution in [-0.2, 0) is 16.4 Å². The number of fused-ring (bicyclic) bond motifs is 1. The number of benzene rings is 2. The predicted octanol–water partition coefficient (Wildman–Crippen LogP) is 4.05. The second-order valence-electron chi connectivity index (χ2n) is 6.81. The van der Waals surface area contributed by atoms with Crippen LogP contribution < -0.4 is 9.62 Å². The second kappa shape index (κ2) is 7.50. The highest BCUT2D eigenvalue weighted by Gasteiger charge is 2.27. The maximum Gasteiger partial charge on any atom is 0.262 e. The van der Waals surface area contributed by atoms with Crippen LogP contribution >= 0.6 is 11.6 Å². The van der Waals surface area contributed by atoms with Gasteiger partial charge in [-0.1, -0.05) is 23.7 Å². The zero-order valence-corrected chi connectivity index (χ0v) is 17.2. The zero-order valence-electron chi connectivity index (χ0n) is 15.6. The van der Waals surface area contributed by atoms with Crippen LogP contribution in [0.1, 0.15) is 21.5 Å². The molecule has 0 radical (unpaired) electrons. The number of rotatable bonds is 4. The molecule has 1 aromatic heterocycles. The van der Waals surface area contributed by atoms with Crippen LogP contribution in [0.5, 0.6) is 0 Å². The van der Waals surface area contributed by atoms with Crippen molar-refractivity contribution < 1.29 is 13.2 Å². The number of halogens is 1. The fourth-order valence-corrected chi connectivity index (χ4v) is 4.93. The lowest BCUT2D eigenvalue weighted by molar-refractivity contribution is 0.0989. The first-order valence-corrected chi connectivity index (χ1v) is 10.8. The Kier molecular flexibility index (Phi) is 5.02. The third-order valence-corrected chi connectivity index (χ3v) is 6.58. The number of nitrogens with one attached hydrogen (secondary N) is 1. The fourth-order valence-electron chi connectivity index (χ4n) is 3.37. The fraction of sp³-hybridized carbons (Fsp3) is 0.143. The summed E-state index contributed by atoms with van der Waals surface area (Å²) in [5.41, 5.74) is 3.15. The molecule has 0 bridgehead atoms. The summed E-state index contributed by atoms with van der Waals surface area (Å²) in [7, 11) is -3.82. The van der Waals surface area contributed by atoms with Crippen LogP contribution in [0, 0.1) is 6.92 Å². The van der Waals surface area contributed by atoms with Gasteiger partial charge in [-0.15, -0.1) is 0 Å². The SMILES string of the molecule is Cc1ccc(Cl)cc1S(=O)(=O)Nc1ccc2c(c1)N(C(=O)c1cccnc1)CC2. The number of hydrogen-bond acceptors (Lipinski definition) is 4. The van der Waals surface area contributed by atoms with E-state index in [0.717, 1.165) is 5.56 Å². The van der Waals surface area contributed by atoms with Gasteiger partial charge in [0.1, 0.15) is 0 Å². The number of aromatic nitrogens is 1. The molecule has 6 nitrogen and oxygen atoms in total. The van der Waals surface area contributed by atoms with Gasteiger partial charge in [0.15, 0.2) is 0 Å². The Morgan fingerprint density at radius 3 is 2.76 bits per heavy atom. The van der Waals surface area contributed by atoms with E-state index >= 15 is 0 Å². The number of carbonyl (C=O) groups excluding carboxylic acids is 1. The van der Waals surface area contributed by atoms with Gasteiger partial charge in [-0.25, -0.2) is 8.42 Å². The molecule has 148 valence electrons. The second-order valence-corrected chi connectivity index (χ2v) is 8.89. The summed E-state index contributed by atoms with van der Waals surface area (Å²) in [4.78, 5) is 18.6. The number of aryl methyl sites for hydroxylation is 1. The normalized spacial score (nSPS) is 13.2. The van der Waals surface area contributed by atoms with E-state index in [4.69, 9.17) is 11.6 Å². The highest BCUT2D eigenvalue weighted by Crippen LogP contribution is 2.33. The average molecular weight is 428 g/mol. The minimum atomic E-state index is -3.82. The molecule has 0 saturated carbocycles. The molecule has 2 heterocycles. The topological polar surface area (TPSA) is 79.4 Å². The molecule has 1 aliphatic heterocycles. The Morgan fingerprint density at radius 2 is 2.00 bits per heavy atom. The van der Waals surface area contributed by atoms with Crippen molar-refractivity contribution in [2.75, 3.05) is 16.2 Å². The van der Waals surface area contributed by atoms with Crippen molar-refractivity contribution in [2.45, 2.75) is 18.2 Å². The lowest BCUT2D eigenvalue weighted by Gasteiger charge is -2.18. The molecule has 0 unspecified atom stereocenters. The molecule has 3 aromatic rings. The van der Waals surface area contributed by atoms with E-state index in [1.807, 2.05) is 6.07 Å². The molecule has 0 saturated heterocycles. The van der Waals surface area contributed by atoms with E-state index in [0.29, 0.717) is 40.5 Å². The molecular weight excluding hydrogens is 410 g/mol. The first-order valence-electron chi connectivity index (χ1n) is 8.99. The Labute approximate surface area is 174 Å². The Morgan fingerprint density at radius 1 is 1.17 bits per heavy atom. The van der Waals surface area contributed by atoms with Crippen LogP contribution in [0.4, 0.5) is 11.4 Å². The van der Waals surface area contributed by atoms with E-state index in [9.17, 15) is 13.2 Å². The maximum atomic E-state index is 12.9. The van der Waals surface area contributed by atoms with E-state index in [1.54, 1.807) is 54.4 Å². The number of sulfonamides is 1. The highest BCUT2D eigenvalue weighted by atomic mass is 35.5. The van der Waals surface area contributed by atoms with Gasteiger partial charge < -0.3 is 4.90 Å². The summed E-state index contributed by atoms with van der Waals surface area (Å²) in [5.74, 6) is -0.164. The third kappa shape index (κ3) is 3.83. The number of hydrogen-bond donors (Lipinski definition) is 1. The van der Waals surface area contributed by atoms with Crippen molar-refractivity contribution in [2.24, 2.45) is 0 Å². The number of anilines is 2. The predicted molar refractivity (Wildman–Crippen MR) is 113 cm³/mol. The highest BCUT2D eigenvalue weighted by molar-refractivity contribution is 7.92. The number of amides is 1. The molecule has 1 aliphatic rings. The molecule has 1 N–H and O–H groups in total. The summed E-state index contributed by atoms with van der Waals surface area (Å²) in [6.07, 6.45) is 3.84. The summed E-state index contributed by atoms with van der Waals surface area (Å²) >= 11 is 5.97. The molecule has 4 rings (SSSR count). The first kappa shape index (κ1) is 19.4. The van der Waals surface area contributed by atoms with Crippen LogP contribution in [0.15, 0.2) is 65.8 Å². The molecule has 8 heteroatoms. The van der Waals surface area contributed by atoms with Gasteiger partial charge in [0.25, 0.3) is 15.9 Å². The Hall–Kier alpha value is -2.90. The summed E-state index contributed by atoms with van der Waals surface area (Å²) < 4.78 is 28.3. The maximum absolute atomic E-state index is 12.9. The third-order valence-electron chi connectivity index (χ3n) is 4.83. The van der Waals surface area contributed by atoms with Gasteiger partial charge in [-0.3, -0.25) is 14.5 Å². The largest absolute Gasteiger partial charge is 0.308 e. The van der Waals surface area contributed by atoms with E-state index in [1.165, 1.54) is 12.3 Å². The van der Waals surface area contributed by atoms with Gasteiger partial charge in [0.05, 0.1) is 16.1 Å². The van der Waals surface area contributed by atoms with Crippen LogP contribution in [0.25, 0.3) is 0 Å². The van der Waals surface area contributed by atoms with Crippen LogP contribution in [0.3, 0.4) is 0 Å². The Balaban J connectivity index is 1.65. The molecule has 1 amide bonds. The lowest BCUT2D eigenvalue weighted by atomic mass is 10.1. The monoisotopic (exact) mass is 427 g/mol. The van der Waals surface area contributed by atoms with Gasteiger partial charge in [-0.2, -0.15) is 0 Å². The molecule has 0 spiro atoms. The van der Waals surface area contributed by atoms with Crippen LogP contribution in [0.2, 0.25) is 5.02 Å². The van der Waals surface area contributed by atoms with E-state index in [-0.39, 0.29) is 10.8 Å². The molecule has 29 heavy (non-hydrogen) atoms. The number of nitrogens with zero attached hydrogens (tertiary/aromatic N) is 2.